The summed E-state index contributed by atoms with van der Waals surface area (Å²) in [6, 6.07) is 20.9. The van der Waals surface area contributed by atoms with Gasteiger partial charge < -0.3 is 10.2 Å². The van der Waals surface area contributed by atoms with E-state index in [0.717, 1.165) is 11.3 Å². The number of carbonyl (C=O) groups is 2. The standard InChI is InChI=1S/C26H24FN3O2/c1-17-4-8-19(9-5-17)23-24(28-21-12-14-22(15-13-21)29(2)3)26(32)30(25(23)31)16-18-6-10-20(27)11-7-18/h4-15,28H,16H2,1-3H3. The zero-order valence-corrected chi connectivity index (χ0v) is 18.2. The number of halogens is 1. The van der Waals surface area contributed by atoms with Crippen LogP contribution in [0.2, 0.25) is 0 Å². The van der Waals surface area contributed by atoms with Crippen LogP contribution in [0.3, 0.4) is 0 Å². The van der Waals surface area contributed by atoms with Crippen molar-refractivity contribution in [3.63, 3.8) is 0 Å². The molecule has 1 aliphatic rings. The molecule has 162 valence electrons. The summed E-state index contributed by atoms with van der Waals surface area (Å²) in [6.45, 7) is 2.03. The molecule has 3 aromatic rings. The molecule has 0 spiro atoms. The molecule has 5 nitrogen and oxygen atoms in total. The second-order valence-corrected chi connectivity index (χ2v) is 8.01. The Bertz CT molecular complexity index is 1180. The van der Waals surface area contributed by atoms with Gasteiger partial charge in [-0.15, -0.1) is 0 Å². The first-order valence-electron chi connectivity index (χ1n) is 10.3. The monoisotopic (exact) mass is 429 g/mol. The van der Waals surface area contributed by atoms with E-state index in [1.165, 1.54) is 17.0 Å². The lowest BCUT2D eigenvalue weighted by Gasteiger charge is -2.16. The molecule has 0 radical (unpaired) electrons. The molecular formula is C26H24FN3O2. The molecule has 0 bridgehead atoms. The van der Waals surface area contributed by atoms with Crippen LogP contribution in [0.25, 0.3) is 5.57 Å². The predicted octanol–water partition coefficient (Wildman–Crippen LogP) is 4.59. The average molecular weight is 429 g/mol. The highest BCUT2D eigenvalue weighted by molar-refractivity contribution is 6.36. The van der Waals surface area contributed by atoms with Gasteiger partial charge in [0, 0.05) is 25.5 Å². The van der Waals surface area contributed by atoms with Crippen LogP contribution >= 0.6 is 0 Å². The fourth-order valence-corrected chi connectivity index (χ4v) is 3.58. The quantitative estimate of drug-likeness (QED) is 0.583. The van der Waals surface area contributed by atoms with Crippen LogP contribution in [-0.4, -0.2) is 30.8 Å². The van der Waals surface area contributed by atoms with Crippen LogP contribution in [0.1, 0.15) is 16.7 Å². The SMILES string of the molecule is Cc1ccc(C2=C(Nc3ccc(N(C)C)cc3)C(=O)N(Cc3ccc(F)cc3)C2=O)cc1. The third kappa shape index (κ3) is 4.25. The van der Waals surface area contributed by atoms with Gasteiger partial charge in [-0.05, 0) is 54.4 Å². The molecule has 2 amide bonds. The van der Waals surface area contributed by atoms with E-state index in [9.17, 15) is 14.0 Å². The van der Waals surface area contributed by atoms with E-state index in [-0.39, 0.29) is 24.0 Å². The largest absolute Gasteiger partial charge is 0.378 e. The van der Waals surface area contributed by atoms with Gasteiger partial charge in [-0.3, -0.25) is 14.5 Å². The second-order valence-electron chi connectivity index (χ2n) is 8.01. The van der Waals surface area contributed by atoms with Crippen molar-refractivity contribution >= 4 is 28.8 Å². The number of nitrogens with one attached hydrogen (secondary N) is 1. The summed E-state index contributed by atoms with van der Waals surface area (Å²) in [4.78, 5) is 29.8. The smallest absolute Gasteiger partial charge is 0.278 e. The minimum atomic E-state index is -0.411. The number of rotatable bonds is 6. The molecule has 0 unspecified atom stereocenters. The Morgan fingerprint density at radius 2 is 1.47 bits per heavy atom. The molecule has 0 aromatic heterocycles. The lowest BCUT2D eigenvalue weighted by Crippen LogP contribution is -2.32. The number of imide groups is 1. The van der Waals surface area contributed by atoms with Crippen molar-refractivity contribution in [2.24, 2.45) is 0 Å². The number of hydrogen-bond donors (Lipinski definition) is 1. The van der Waals surface area contributed by atoms with Crippen LogP contribution in [0.15, 0.2) is 78.5 Å². The van der Waals surface area contributed by atoms with Gasteiger partial charge >= 0.3 is 0 Å². The maximum absolute atomic E-state index is 13.3. The van der Waals surface area contributed by atoms with Gasteiger partial charge in [0.2, 0.25) is 0 Å². The van der Waals surface area contributed by atoms with Crippen molar-refractivity contribution in [3.05, 3.63) is 101 Å². The summed E-state index contributed by atoms with van der Waals surface area (Å²) in [5, 5.41) is 3.16. The highest BCUT2D eigenvalue weighted by atomic mass is 19.1. The minimum absolute atomic E-state index is 0.0675. The molecule has 0 aliphatic carbocycles. The Kier molecular flexibility index (Phi) is 5.77. The lowest BCUT2D eigenvalue weighted by molar-refractivity contribution is -0.137. The van der Waals surface area contributed by atoms with Crippen LogP contribution in [0.4, 0.5) is 15.8 Å². The van der Waals surface area contributed by atoms with Crippen LogP contribution < -0.4 is 10.2 Å². The first-order chi connectivity index (χ1) is 15.3. The maximum atomic E-state index is 13.3. The van der Waals surface area contributed by atoms with E-state index in [0.29, 0.717) is 22.4 Å². The van der Waals surface area contributed by atoms with Crippen molar-refractivity contribution in [3.8, 4) is 0 Å². The topological polar surface area (TPSA) is 52.7 Å². The summed E-state index contributed by atoms with van der Waals surface area (Å²) in [5.41, 5.74) is 4.70. The molecule has 0 atom stereocenters. The number of anilines is 2. The van der Waals surface area contributed by atoms with Gasteiger partial charge in [-0.2, -0.15) is 0 Å². The van der Waals surface area contributed by atoms with E-state index in [4.69, 9.17) is 0 Å². The second kappa shape index (κ2) is 8.67. The zero-order chi connectivity index (χ0) is 22.8. The molecule has 6 heteroatoms. The summed E-state index contributed by atoms with van der Waals surface area (Å²) in [7, 11) is 3.90. The lowest BCUT2D eigenvalue weighted by atomic mass is 10.0. The Labute approximate surface area is 186 Å². The molecular weight excluding hydrogens is 405 g/mol. The number of carbonyl (C=O) groups excluding carboxylic acids is 2. The molecule has 32 heavy (non-hydrogen) atoms. The Hall–Kier alpha value is -3.93. The van der Waals surface area contributed by atoms with Crippen molar-refractivity contribution in [1.82, 2.24) is 4.90 Å². The number of aryl methyl sites for hydroxylation is 1. The summed E-state index contributed by atoms with van der Waals surface area (Å²) in [5.74, 6) is -1.16. The maximum Gasteiger partial charge on any atom is 0.278 e. The number of amides is 2. The van der Waals surface area contributed by atoms with Gasteiger partial charge in [-0.25, -0.2) is 4.39 Å². The van der Waals surface area contributed by atoms with Gasteiger partial charge in [0.1, 0.15) is 11.5 Å². The Morgan fingerprint density at radius 1 is 0.844 bits per heavy atom. The van der Waals surface area contributed by atoms with Crippen LogP contribution in [-0.2, 0) is 16.1 Å². The van der Waals surface area contributed by atoms with E-state index >= 15 is 0 Å². The molecule has 0 saturated heterocycles. The molecule has 1 aliphatic heterocycles. The van der Waals surface area contributed by atoms with Crippen LogP contribution in [0.5, 0.6) is 0 Å². The normalized spacial score (nSPS) is 13.7. The average Bonchev–Trinajstić information content (AvgIpc) is 3.00. The first kappa shape index (κ1) is 21.3. The molecule has 3 aromatic carbocycles. The third-order valence-electron chi connectivity index (χ3n) is 5.42. The van der Waals surface area contributed by atoms with Gasteiger partial charge in [0.05, 0.1) is 12.1 Å². The van der Waals surface area contributed by atoms with Crippen molar-refractivity contribution < 1.29 is 14.0 Å². The Balaban J connectivity index is 1.70. The summed E-state index contributed by atoms with van der Waals surface area (Å²) in [6.07, 6.45) is 0. The number of benzene rings is 3. The summed E-state index contributed by atoms with van der Waals surface area (Å²) >= 11 is 0. The molecule has 0 saturated carbocycles. The van der Waals surface area contributed by atoms with Gasteiger partial charge in [0.15, 0.2) is 0 Å². The van der Waals surface area contributed by atoms with Crippen molar-refractivity contribution in [1.29, 1.82) is 0 Å². The van der Waals surface area contributed by atoms with E-state index in [1.54, 1.807) is 12.1 Å². The zero-order valence-electron chi connectivity index (χ0n) is 18.2. The first-order valence-corrected chi connectivity index (χ1v) is 10.3. The highest BCUT2D eigenvalue weighted by Gasteiger charge is 2.39. The summed E-state index contributed by atoms with van der Waals surface area (Å²) < 4.78 is 13.3. The third-order valence-corrected chi connectivity index (χ3v) is 5.42. The molecule has 1 N–H and O–H groups in total. The van der Waals surface area contributed by atoms with Crippen molar-refractivity contribution in [2.45, 2.75) is 13.5 Å². The van der Waals surface area contributed by atoms with Crippen molar-refractivity contribution in [2.75, 3.05) is 24.3 Å². The highest BCUT2D eigenvalue weighted by Crippen LogP contribution is 2.32. The predicted molar refractivity (Wildman–Crippen MR) is 124 cm³/mol. The van der Waals surface area contributed by atoms with E-state index in [1.807, 2.05) is 74.4 Å². The fraction of sp³-hybridized carbons (Fsp3) is 0.154. The Morgan fingerprint density at radius 3 is 2.06 bits per heavy atom. The molecule has 0 fully saturated rings. The number of hydrogen-bond acceptors (Lipinski definition) is 4. The number of nitrogens with zero attached hydrogens (tertiary/aromatic N) is 2. The van der Waals surface area contributed by atoms with E-state index in [2.05, 4.69) is 5.32 Å². The van der Waals surface area contributed by atoms with E-state index < -0.39 is 5.91 Å². The van der Waals surface area contributed by atoms with Gasteiger partial charge in [-0.1, -0.05) is 42.0 Å². The minimum Gasteiger partial charge on any atom is -0.378 e. The van der Waals surface area contributed by atoms with Crippen LogP contribution in [0, 0.1) is 12.7 Å². The molecule has 1 heterocycles. The van der Waals surface area contributed by atoms with Gasteiger partial charge in [0.25, 0.3) is 11.8 Å². The molecule has 4 rings (SSSR count). The fourth-order valence-electron chi connectivity index (χ4n) is 3.58.